The summed E-state index contributed by atoms with van der Waals surface area (Å²) in [6, 6.07) is 10.7. The number of ether oxygens (including phenoxy) is 5. The minimum Gasteiger partial charge on any atom is -0.493 e. The second-order valence-corrected chi connectivity index (χ2v) is 8.17. The van der Waals surface area contributed by atoms with Gasteiger partial charge in [0.05, 0.1) is 34.1 Å². The summed E-state index contributed by atoms with van der Waals surface area (Å²) in [6.45, 7) is 1.71. The second kappa shape index (κ2) is 11.6. The molecule has 0 saturated carbocycles. The van der Waals surface area contributed by atoms with Crippen molar-refractivity contribution in [2.24, 2.45) is 0 Å². The lowest BCUT2D eigenvalue weighted by Gasteiger charge is -2.17. The van der Waals surface area contributed by atoms with Crippen LogP contribution in [0.1, 0.15) is 15.4 Å². The highest BCUT2D eigenvalue weighted by Gasteiger charge is 2.19. The van der Waals surface area contributed by atoms with Gasteiger partial charge in [0.15, 0.2) is 23.0 Å². The summed E-state index contributed by atoms with van der Waals surface area (Å²) >= 11 is 1.26. The van der Waals surface area contributed by atoms with Crippen LogP contribution in [0.4, 0.5) is 0 Å². The van der Waals surface area contributed by atoms with E-state index in [4.69, 9.17) is 23.7 Å². The fourth-order valence-electron chi connectivity index (χ4n) is 3.19. The lowest BCUT2D eigenvalue weighted by Crippen LogP contribution is -2.35. The van der Waals surface area contributed by atoms with Crippen LogP contribution in [0.5, 0.6) is 28.7 Å². The van der Waals surface area contributed by atoms with E-state index in [2.05, 4.69) is 10.3 Å². The standard InChI is InChI=1S/C24H28N2O7S/c1-14-22(34-24(26-14)15-9-10-17(29-2)20(11-15)32-5)23(28)25-12-16(27)13-33-21-18(30-3)7-6-8-19(21)31-4/h6-11,16,27H,12-13H2,1-5H3,(H,25,28). The van der Waals surface area contributed by atoms with Gasteiger partial charge in [0.2, 0.25) is 5.75 Å². The van der Waals surface area contributed by atoms with Gasteiger partial charge in [-0.2, -0.15) is 0 Å². The summed E-state index contributed by atoms with van der Waals surface area (Å²) in [7, 11) is 6.17. The average Bonchev–Trinajstić information content (AvgIpc) is 3.26. The van der Waals surface area contributed by atoms with E-state index in [0.29, 0.717) is 44.3 Å². The molecule has 1 heterocycles. The largest absolute Gasteiger partial charge is 0.493 e. The number of thiazole rings is 1. The molecule has 2 N–H and O–H groups in total. The van der Waals surface area contributed by atoms with Crippen LogP contribution < -0.4 is 29.0 Å². The van der Waals surface area contributed by atoms with Crippen LogP contribution in [0, 0.1) is 6.92 Å². The zero-order valence-electron chi connectivity index (χ0n) is 19.7. The summed E-state index contributed by atoms with van der Waals surface area (Å²) in [4.78, 5) is 17.7. The van der Waals surface area contributed by atoms with Crippen molar-refractivity contribution in [2.75, 3.05) is 41.6 Å². The molecule has 1 amide bonds. The predicted molar refractivity (Wildman–Crippen MR) is 129 cm³/mol. The van der Waals surface area contributed by atoms with Crippen molar-refractivity contribution < 1.29 is 33.6 Å². The first kappa shape index (κ1) is 25.1. The summed E-state index contributed by atoms with van der Waals surface area (Å²) in [5, 5.41) is 13.7. The van der Waals surface area contributed by atoms with E-state index >= 15 is 0 Å². The molecule has 9 nitrogen and oxygen atoms in total. The third-order valence-electron chi connectivity index (χ3n) is 4.93. The molecule has 0 bridgehead atoms. The minimum atomic E-state index is -0.947. The van der Waals surface area contributed by atoms with Gasteiger partial charge in [0.25, 0.3) is 5.91 Å². The van der Waals surface area contributed by atoms with E-state index in [1.807, 2.05) is 12.1 Å². The van der Waals surface area contributed by atoms with Crippen LogP contribution in [0.3, 0.4) is 0 Å². The van der Waals surface area contributed by atoms with Crippen LogP contribution in [0.25, 0.3) is 10.6 Å². The molecule has 10 heteroatoms. The number of aryl methyl sites for hydroxylation is 1. The van der Waals surface area contributed by atoms with Gasteiger partial charge in [0, 0.05) is 12.1 Å². The molecule has 0 aliphatic heterocycles. The molecule has 1 atom stereocenters. The molecule has 1 aromatic heterocycles. The molecule has 0 fully saturated rings. The molecule has 1 unspecified atom stereocenters. The Bertz CT molecular complexity index is 1110. The Morgan fingerprint density at radius 1 is 1.00 bits per heavy atom. The molecule has 182 valence electrons. The number of benzene rings is 2. The highest BCUT2D eigenvalue weighted by molar-refractivity contribution is 7.17. The van der Waals surface area contributed by atoms with E-state index in [1.165, 1.54) is 25.6 Å². The van der Waals surface area contributed by atoms with Gasteiger partial charge in [-0.1, -0.05) is 6.07 Å². The number of rotatable bonds is 11. The average molecular weight is 489 g/mol. The van der Waals surface area contributed by atoms with Gasteiger partial charge in [-0.05, 0) is 37.3 Å². The van der Waals surface area contributed by atoms with Crippen molar-refractivity contribution in [1.82, 2.24) is 10.3 Å². The smallest absolute Gasteiger partial charge is 0.263 e. The molecule has 0 spiro atoms. The lowest BCUT2D eigenvalue weighted by molar-refractivity contribution is 0.0836. The number of aliphatic hydroxyl groups excluding tert-OH is 1. The number of methoxy groups -OCH3 is 4. The Labute approximate surface area is 202 Å². The van der Waals surface area contributed by atoms with E-state index in [9.17, 15) is 9.90 Å². The molecule has 3 aromatic rings. The van der Waals surface area contributed by atoms with Crippen molar-refractivity contribution in [1.29, 1.82) is 0 Å². The van der Waals surface area contributed by atoms with Gasteiger partial charge >= 0.3 is 0 Å². The summed E-state index contributed by atoms with van der Waals surface area (Å²) in [5.74, 6) is 2.22. The number of nitrogens with one attached hydrogen (secondary N) is 1. The van der Waals surface area contributed by atoms with Gasteiger partial charge in [0.1, 0.15) is 22.6 Å². The molecular formula is C24H28N2O7S. The number of hydrogen-bond donors (Lipinski definition) is 2. The number of para-hydroxylation sites is 1. The van der Waals surface area contributed by atoms with Crippen LogP contribution >= 0.6 is 11.3 Å². The number of carbonyl (C=O) groups is 1. The Hall–Kier alpha value is -3.50. The number of carbonyl (C=O) groups excluding carboxylic acids is 1. The zero-order valence-corrected chi connectivity index (χ0v) is 20.5. The highest BCUT2D eigenvalue weighted by Crippen LogP contribution is 2.37. The van der Waals surface area contributed by atoms with Crippen molar-refractivity contribution in [3.8, 4) is 39.3 Å². The molecule has 3 rings (SSSR count). The molecule has 0 saturated heterocycles. The monoisotopic (exact) mass is 488 g/mol. The normalized spacial score (nSPS) is 11.5. The third kappa shape index (κ3) is 5.70. The van der Waals surface area contributed by atoms with Crippen molar-refractivity contribution >= 4 is 17.2 Å². The zero-order chi connectivity index (χ0) is 24.7. The maximum Gasteiger partial charge on any atom is 0.263 e. The number of aromatic nitrogens is 1. The van der Waals surface area contributed by atoms with E-state index < -0.39 is 6.10 Å². The van der Waals surface area contributed by atoms with Gasteiger partial charge < -0.3 is 34.1 Å². The van der Waals surface area contributed by atoms with Crippen molar-refractivity contribution in [3.05, 3.63) is 47.0 Å². The van der Waals surface area contributed by atoms with Crippen LogP contribution in [-0.2, 0) is 0 Å². The van der Waals surface area contributed by atoms with Crippen LogP contribution in [0.2, 0.25) is 0 Å². The first-order valence-corrected chi connectivity index (χ1v) is 11.2. The second-order valence-electron chi connectivity index (χ2n) is 7.17. The number of amides is 1. The Balaban J connectivity index is 1.62. The minimum absolute atomic E-state index is 0.000665. The van der Waals surface area contributed by atoms with Gasteiger partial charge in [-0.25, -0.2) is 4.98 Å². The Kier molecular flexibility index (Phi) is 8.55. The highest BCUT2D eigenvalue weighted by atomic mass is 32.1. The summed E-state index contributed by atoms with van der Waals surface area (Å²) < 4.78 is 26.9. The molecular weight excluding hydrogens is 460 g/mol. The fourth-order valence-corrected chi connectivity index (χ4v) is 4.17. The van der Waals surface area contributed by atoms with Crippen LogP contribution in [0.15, 0.2) is 36.4 Å². The number of aliphatic hydroxyl groups is 1. The SMILES string of the molecule is COc1ccc(-c2nc(C)c(C(=O)NCC(O)COc3c(OC)cccc3OC)s2)cc1OC. The molecule has 0 aliphatic rings. The fraction of sp³-hybridized carbons (Fsp3) is 0.333. The predicted octanol–water partition coefficient (Wildman–Crippen LogP) is 3.32. The van der Waals surface area contributed by atoms with E-state index in [-0.39, 0.29) is 19.1 Å². The Morgan fingerprint density at radius 2 is 1.65 bits per heavy atom. The van der Waals surface area contributed by atoms with Gasteiger partial charge in [-0.15, -0.1) is 11.3 Å². The number of nitrogens with zero attached hydrogens (tertiary/aromatic N) is 1. The third-order valence-corrected chi connectivity index (χ3v) is 6.14. The van der Waals surface area contributed by atoms with E-state index in [0.717, 1.165) is 5.56 Å². The maximum atomic E-state index is 12.7. The molecule has 34 heavy (non-hydrogen) atoms. The first-order valence-electron chi connectivity index (χ1n) is 10.4. The summed E-state index contributed by atoms with van der Waals surface area (Å²) in [6.07, 6.45) is -0.947. The Morgan fingerprint density at radius 3 is 2.26 bits per heavy atom. The topological polar surface area (TPSA) is 108 Å². The van der Waals surface area contributed by atoms with Crippen molar-refractivity contribution in [3.63, 3.8) is 0 Å². The summed E-state index contributed by atoms with van der Waals surface area (Å²) in [5.41, 5.74) is 1.40. The maximum absolute atomic E-state index is 12.7. The molecule has 2 aromatic carbocycles. The van der Waals surface area contributed by atoms with Gasteiger partial charge in [-0.3, -0.25) is 4.79 Å². The molecule has 0 aliphatic carbocycles. The van der Waals surface area contributed by atoms with E-state index in [1.54, 1.807) is 45.4 Å². The first-order chi connectivity index (χ1) is 16.4. The van der Waals surface area contributed by atoms with Crippen LogP contribution in [-0.4, -0.2) is 63.7 Å². The quantitative estimate of drug-likeness (QED) is 0.423. The van der Waals surface area contributed by atoms with Crippen molar-refractivity contribution in [2.45, 2.75) is 13.0 Å². The number of hydrogen-bond acceptors (Lipinski definition) is 9. The lowest BCUT2D eigenvalue weighted by atomic mass is 10.2. The molecule has 0 radical (unpaired) electrons.